The predicted octanol–water partition coefficient (Wildman–Crippen LogP) is 19.6. The number of unbranched alkanes of at least 4 members (excludes halogenated alkanes) is 47. The van der Waals surface area contributed by atoms with Crippen molar-refractivity contribution < 1.29 is 20.1 Å². The second-order valence-corrected chi connectivity index (χ2v) is 21.7. The molecule has 0 aliphatic heterocycles. The number of rotatable bonds is 58. The van der Waals surface area contributed by atoms with Gasteiger partial charge in [-0.05, 0) is 44.9 Å². The first-order valence-electron chi connectivity index (χ1n) is 31.1. The Balaban J connectivity index is 3.52. The zero-order chi connectivity index (χ0) is 49.3. The number of carbonyl (C=O) groups excluding carboxylic acids is 1. The summed E-state index contributed by atoms with van der Waals surface area (Å²) in [5.74, 6) is -0.309. The van der Waals surface area contributed by atoms with E-state index in [-0.39, 0.29) is 18.9 Å². The van der Waals surface area contributed by atoms with E-state index in [1.165, 1.54) is 295 Å². The normalized spacial score (nSPS) is 13.3. The van der Waals surface area contributed by atoms with Crippen LogP contribution in [0, 0.1) is 0 Å². The standard InChI is InChI=1S/C63H123NO4/c1-3-5-7-9-11-13-15-17-19-21-23-25-27-29-30-31-33-34-36-38-40-42-44-46-48-50-52-54-56-60(66)58-63(68)64-61(59-65)62(67)57-55-53-51-49-47-45-43-41-39-37-35-32-28-26-24-22-20-18-16-14-12-10-8-6-4-2/h29-30,55,57,60-62,65-67H,3-28,31-54,56,58-59H2,1-2H3,(H,64,68)/b30-29-,57-55+. The summed E-state index contributed by atoms with van der Waals surface area (Å²) in [5, 5.41) is 33.6. The van der Waals surface area contributed by atoms with Crippen LogP contribution >= 0.6 is 0 Å². The molecule has 0 saturated carbocycles. The minimum absolute atomic E-state index is 0.0165. The molecule has 0 aromatic carbocycles. The van der Waals surface area contributed by atoms with Crippen LogP contribution in [0.4, 0.5) is 0 Å². The fourth-order valence-electron chi connectivity index (χ4n) is 9.99. The van der Waals surface area contributed by atoms with E-state index in [2.05, 4.69) is 31.3 Å². The lowest BCUT2D eigenvalue weighted by molar-refractivity contribution is -0.124. The van der Waals surface area contributed by atoms with Crippen molar-refractivity contribution in [2.45, 2.75) is 366 Å². The van der Waals surface area contributed by atoms with Gasteiger partial charge in [-0.15, -0.1) is 0 Å². The first-order valence-corrected chi connectivity index (χ1v) is 31.1. The molecule has 5 heteroatoms. The van der Waals surface area contributed by atoms with Gasteiger partial charge in [0.1, 0.15) is 0 Å². The summed E-state index contributed by atoms with van der Waals surface area (Å²) in [5.41, 5.74) is 0. The highest BCUT2D eigenvalue weighted by Gasteiger charge is 2.20. The Morgan fingerprint density at radius 2 is 0.618 bits per heavy atom. The number of nitrogens with one attached hydrogen (secondary N) is 1. The Morgan fingerprint density at radius 1 is 0.368 bits per heavy atom. The number of aliphatic hydroxyl groups is 3. The van der Waals surface area contributed by atoms with Crippen molar-refractivity contribution in [2.24, 2.45) is 0 Å². The summed E-state index contributed by atoms with van der Waals surface area (Å²) < 4.78 is 0. The van der Waals surface area contributed by atoms with Gasteiger partial charge >= 0.3 is 0 Å². The first-order chi connectivity index (χ1) is 33.5. The van der Waals surface area contributed by atoms with Gasteiger partial charge in [-0.1, -0.05) is 321 Å². The Labute approximate surface area is 426 Å². The number of hydrogen-bond acceptors (Lipinski definition) is 4. The first kappa shape index (κ1) is 66.8. The molecular formula is C63H123NO4. The summed E-state index contributed by atoms with van der Waals surface area (Å²) >= 11 is 0. The van der Waals surface area contributed by atoms with Gasteiger partial charge in [-0.2, -0.15) is 0 Å². The molecular weight excluding hydrogens is 835 g/mol. The Morgan fingerprint density at radius 3 is 0.897 bits per heavy atom. The zero-order valence-corrected chi connectivity index (χ0v) is 46.3. The zero-order valence-electron chi connectivity index (χ0n) is 46.3. The van der Waals surface area contributed by atoms with Crippen LogP contribution in [-0.2, 0) is 4.79 Å². The van der Waals surface area contributed by atoms with Crippen molar-refractivity contribution in [3.05, 3.63) is 24.3 Å². The van der Waals surface area contributed by atoms with Crippen LogP contribution in [0.1, 0.15) is 348 Å². The summed E-state index contributed by atoms with van der Waals surface area (Å²) in [6.45, 7) is 4.26. The van der Waals surface area contributed by atoms with Crippen LogP contribution < -0.4 is 5.32 Å². The van der Waals surface area contributed by atoms with Gasteiger partial charge in [0.15, 0.2) is 0 Å². The second kappa shape index (κ2) is 58.4. The highest BCUT2D eigenvalue weighted by Crippen LogP contribution is 2.18. The average molecular weight is 959 g/mol. The van der Waals surface area contributed by atoms with E-state index in [0.717, 1.165) is 25.7 Å². The molecule has 68 heavy (non-hydrogen) atoms. The summed E-state index contributed by atoms with van der Waals surface area (Å²) in [7, 11) is 0. The van der Waals surface area contributed by atoms with E-state index in [1.807, 2.05) is 6.08 Å². The number of aliphatic hydroxyl groups excluding tert-OH is 3. The number of amides is 1. The van der Waals surface area contributed by atoms with Crippen LogP contribution in [0.5, 0.6) is 0 Å². The fourth-order valence-corrected chi connectivity index (χ4v) is 9.99. The highest BCUT2D eigenvalue weighted by molar-refractivity contribution is 5.76. The Hall–Kier alpha value is -1.17. The van der Waals surface area contributed by atoms with Gasteiger partial charge in [0, 0.05) is 0 Å². The van der Waals surface area contributed by atoms with Crippen LogP contribution in [0.25, 0.3) is 0 Å². The minimum Gasteiger partial charge on any atom is -0.394 e. The van der Waals surface area contributed by atoms with Crippen LogP contribution in [-0.4, -0.2) is 46.1 Å². The molecule has 0 aliphatic rings. The van der Waals surface area contributed by atoms with Crippen LogP contribution in [0.3, 0.4) is 0 Å². The van der Waals surface area contributed by atoms with Crippen LogP contribution in [0.2, 0.25) is 0 Å². The third kappa shape index (κ3) is 54.2. The van der Waals surface area contributed by atoms with Crippen molar-refractivity contribution >= 4 is 5.91 Å². The summed E-state index contributed by atoms with van der Waals surface area (Å²) in [4.78, 5) is 12.6. The third-order valence-electron chi connectivity index (χ3n) is 14.7. The SMILES string of the molecule is CCCCCCCCCCCCCC/C=C\CCCCCCCCCCCCCCC(O)CC(=O)NC(CO)C(O)/C=C/CCCCCCCCCCCCCCCCCCCCCCCCC. The Bertz CT molecular complexity index is 1010. The summed E-state index contributed by atoms with van der Waals surface area (Å²) in [6.07, 6.45) is 75.3. The van der Waals surface area contributed by atoms with Gasteiger partial charge in [0.05, 0.1) is 31.3 Å². The molecule has 1 amide bonds. The molecule has 3 atom stereocenters. The van der Waals surface area contributed by atoms with Crippen LogP contribution in [0.15, 0.2) is 24.3 Å². The quantitative estimate of drug-likeness (QED) is 0.0361. The van der Waals surface area contributed by atoms with E-state index < -0.39 is 18.2 Å². The molecule has 0 heterocycles. The molecule has 0 spiro atoms. The van der Waals surface area contributed by atoms with Crippen molar-refractivity contribution in [1.82, 2.24) is 5.32 Å². The van der Waals surface area contributed by atoms with Gasteiger partial charge in [0.25, 0.3) is 0 Å². The average Bonchev–Trinajstić information content (AvgIpc) is 3.33. The molecule has 4 N–H and O–H groups in total. The van der Waals surface area contributed by atoms with Gasteiger partial charge < -0.3 is 20.6 Å². The maximum absolute atomic E-state index is 12.6. The molecule has 0 aliphatic carbocycles. The van der Waals surface area contributed by atoms with Crippen molar-refractivity contribution in [3.63, 3.8) is 0 Å². The smallest absolute Gasteiger partial charge is 0.222 e. The van der Waals surface area contributed by atoms with Crippen molar-refractivity contribution in [2.75, 3.05) is 6.61 Å². The molecule has 404 valence electrons. The van der Waals surface area contributed by atoms with E-state index in [9.17, 15) is 20.1 Å². The largest absolute Gasteiger partial charge is 0.394 e. The number of allylic oxidation sites excluding steroid dienone is 3. The number of hydrogen-bond donors (Lipinski definition) is 4. The lowest BCUT2D eigenvalue weighted by Crippen LogP contribution is -2.45. The molecule has 0 rings (SSSR count). The molecule has 0 aromatic heterocycles. The lowest BCUT2D eigenvalue weighted by atomic mass is 10.0. The van der Waals surface area contributed by atoms with Crippen molar-refractivity contribution in [3.8, 4) is 0 Å². The predicted molar refractivity (Wildman–Crippen MR) is 301 cm³/mol. The molecule has 0 saturated heterocycles. The molecule has 0 aromatic rings. The fraction of sp³-hybridized carbons (Fsp3) is 0.921. The maximum Gasteiger partial charge on any atom is 0.222 e. The van der Waals surface area contributed by atoms with E-state index in [4.69, 9.17) is 0 Å². The van der Waals surface area contributed by atoms with E-state index >= 15 is 0 Å². The summed E-state index contributed by atoms with van der Waals surface area (Å²) in [6, 6.07) is -0.744. The van der Waals surface area contributed by atoms with Crippen molar-refractivity contribution in [1.29, 1.82) is 0 Å². The van der Waals surface area contributed by atoms with Gasteiger partial charge in [-0.3, -0.25) is 4.79 Å². The minimum atomic E-state index is -0.929. The monoisotopic (exact) mass is 958 g/mol. The molecule has 0 fully saturated rings. The third-order valence-corrected chi connectivity index (χ3v) is 14.7. The second-order valence-electron chi connectivity index (χ2n) is 21.7. The topological polar surface area (TPSA) is 89.8 Å². The maximum atomic E-state index is 12.6. The number of carbonyl (C=O) groups is 1. The van der Waals surface area contributed by atoms with E-state index in [1.54, 1.807) is 6.08 Å². The van der Waals surface area contributed by atoms with Gasteiger partial charge in [-0.25, -0.2) is 0 Å². The molecule has 0 radical (unpaired) electrons. The highest BCUT2D eigenvalue weighted by atomic mass is 16.3. The molecule has 3 unspecified atom stereocenters. The Kier molecular flexibility index (Phi) is 57.4. The van der Waals surface area contributed by atoms with E-state index in [0.29, 0.717) is 6.42 Å². The molecule has 5 nitrogen and oxygen atoms in total. The molecule has 0 bridgehead atoms. The lowest BCUT2D eigenvalue weighted by Gasteiger charge is -2.21. The van der Waals surface area contributed by atoms with Gasteiger partial charge in [0.2, 0.25) is 5.91 Å².